The van der Waals surface area contributed by atoms with Gasteiger partial charge in [0.1, 0.15) is 0 Å². The van der Waals surface area contributed by atoms with Crippen LogP contribution in [0.15, 0.2) is 12.7 Å². The minimum absolute atomic E-state index is 0.660. The van der Waals surface area contributed by atoms with E-state index in [4.69, 9.17) is 4.84 Å². The van der Waals surface area contributed by atoms with Gasteiger partial charge in [-0.1, -0.05) is 6.08 Å². The van der Waals surface area contributed by atoms with Crippen molar-refractivity contribution in [3.05, 3.63) is 19.1 Å². The average molecular weight is 152 g/mol. The van der Waals surface area contributed by atoms with Crippen LogP contribution in [0.1, 0.15) is 19.3 Å². The maximum absolute atomic E-state index is 5.44. The second-order valence-electron chi connectivity index (χ2n) is 3.18. The van der Waals surface area contributed by atoms with Crippen LogP contribution in [-0.2, 0) is 4.84 Å². The van der Waals surface area contributed by atoms with E-state index >= 15 is 0 Å². The summed E-state index contributed by atoms with van der Waals surface area (Å²) in [6.07, 6.45) is 7.91. The third kappa shape index (κ3) is 1.33. The van der Waals surface area contributed by atoms with Gasteiger partial charge in [-0.05, 0) is 25.7 Å². The van der Waals surface area contributed by atoms with Crippen molar-refractivity contribution < 1.29 is 4.84 Å². The molecule has 11 heavy (non-hydrogen) atoms. The van der Waals surface area contributed by atoms with Gasteiger partial charge in [-0.2, -0.15) is 5.06 Å². The standard InChI is InChI=1S/C9H14NO/c1-2-7-11-10-8-5-3-4-6-9(8)10/h2-3,8-9H,1,4-7H2. The molecule has 0 amide bonds. The van der Waals surface area contributed by atoms with Crippen LogP contribution >= 0.6 is 0 Å². The fourth-order valence-electron chi connectivity index (χ4n) is 1.80. The fraction of sp³-hybridized carbons (Fsp3) is 0.667. The van der Waals surface area contributed by atoms with Crippen molar-refractivity contribution in [2.24, 2.45) is 0 Å². The van der Waals surface area contributed by atoms with Gasteiger partial charge in [0, 0.05) is 0 Å². The van der Waals surface area contributed by atoms with Crippen molar-refractivity contribution in [3.8, 4) is 0 Å². The molecule has 0 bridgehead atoms. The molecule has 61 valence electrons. The van der Waals surface area contributed by atoms with Gasteiger partial charge in [0.15, 0.2) is 0 Å². The fourth-order valence-corrected chi connectivity index (χ4v) is 1.80. The van der Waals surface area contributed by atoms with Gasteiger partial charge < -0.3 is 0 Å². The van der Waals surface area contributed by atoms with E-state index in [1.165, 1.54) is 19.3 Å². The Morgan fingerprint density at radius 2 is 2.55 bits per heavy atom. The molecule has 0 aromatic carbocycles. The van der Waals surface area contributed by atoms with Gasteiger partial charge in [0.2, 0.25) is 0 Å². The SMILES string of the molecule is C=CCON1C2C[CH]CCC21. The lowest BCUT2D eigenvalue weighted by Crippen LogP contribution is -2.03. The summed E-state index contributed by atoms with van der Waals surface area (Å²) in [5.41, 5.74) is 0. The number of hydrogen-bond acceptors (Lipinski definition) is 2. The molecule has 2 rings (SSSR count). The zero-order chi connectivity index (χ0) is 7.68. The Bertz CT molecular complexity index is 146. The lowest BCUT2D eigenvalue weighted by Gasteiger charge is -2.01. The Morgan fingerprint density at radius 1 is 1.64 bits per heavy atom. The highest BCUT2D eigenvalue weighted by atomic mass is 16.7. The van der Waals surface area contributed by atoms with Crippen LogP contribution in [0.3, 0.4) is 0 Å². The highest BCUT2D eigenvalue weighted by Gasteiger charge is 2.49. The van der Waals surface area contributed by atoms with Crippen molar-refractivity contribution in [1.29, 1.82) is 0 Å². The highest BCUT2D eigenvalue weighted by molar-refractivity contribution is 5.04. The predicted molar refractivity (Wildman–Crippen MR) is 43.7 cm³/mol. The predicted octanol–water partition coefficient (Wildman–Crippen LogP) is 1.54. The largest absolute Gasteiger partial charge is 0.294 e. The smallest absolute Gasteiger partial charge is 0.0864 e. The molecule has 0 aromatic heterocycles. The minimum Gasteiger partial charge on any atom is -0.294 e. The van der Waals surface area contributed by atoms with Crippen LogP contribution in [0.25, 0.3) is 0 Å². The molecule has 1 aliphatic heterocycles. The molecule has 1 radical (unpaired) electrons. The number of fused-ring (bicyclic) bond motifs is 1. The maximum Gasteiger partial charge on any atom is 0.0864 e. The van der Waals surface area contributed by atoms with Crippen molar-refractivity contribution in [1.82, 2.24) is 5.06 Å². The summed E-state index contributed by atoms with van der Waals surface area (Å²) in [6.45, 7) is 4.28. The number of hydroxylamine groups is 2. The third-order valence-electron chi connectivity index (χ3n) is 2.42. The lowest BCUT2D eigenvalue weighted by atomic mass is 10.0. The zero-order valence-electron chi connectivity index (χ0n) is 6.70. The van der Waals surface area contributed by atoms with Crippen molar-refractivity contribution in [3.63, 3.8) is 0 Å². The Kier molecular flexibility index (Phi) is 1.96. The van der Waals surface area contributed by atoms with Gasteiger partial charge in [-0.25, -0.2) is 0 Å². The number of hydrogen-bond donors (Lipinski definition) is 0. The van der Waals surface area contributed by atoms with E-state index in [0.29, 0.717) is 12.6 Å². The first-order chi connectivity index (χ1) is 5.43. The topological polar surface area (TPSA) is 12.2 Å². The Hall–Kier alpha value is -0.340. The Morgan fingerprint density at radius 3 is 3.18 bits per heavy atom. The minimum atomic E-state index is 0.660. The third-order valence-corrected chi connectivity index (χ3v) is 2.42. The summed E-state index contributed by atoms with van der Waals surface area (Å²) in [4.78, 5) is 5.44. The van der Waals surface area contributed by atoms with Gasteiger partial charge in [-0.15, -0.1) is 6.58 Å². The first-order valence-electron chi connectivity index (χ1n) is 4.27. The Labute approximate surface area is 67.8 Å². The van der Waals surface area contributed by atoms with E-state index < -0.39 is 0 Å². The molecule has 1 saturated heterocycles. The van der Waals surface area contributed by atoms with Crippen LogP contribution in [-0.4, -0.2) is 23.8 Å². The van der Waals surface area contributed by atoms with E-state index in [2.05, 4.69) is 18.1 Å². The first-order valence-corrected chi connectivity index (χ1v) is 4.27. The molecular weight excluding hydrogens is 138 g/mol. The summed E-state index contributed by atoms with van der Waals surface area (Å²) in [5.74, 6) is 0. The van der Waals surface area contributed by atoms with Crippen LogP contribution in [0, 0.1) is 6.42 Å². The van der Waals surface area contributed by atoms with E-state index in [1.807, 2.05) is 0 Å². The van der Waals surface area contributed by atoms with E-state index in [9.17, 15) is 0 Å². The summed E-state index contributed by atoms with van der Waals surface area (Å²) in [7, 11) is 0. The molecule has 2 aliphatic rings. The molecule has 1 saturated carbocycles. The molecular formula is C9H14NO. The van der Waals surface area contributed by atoms with Crippen LogP contribution in [0.2, 0.25) is 0 Å². The monoisotopic (exact) mass is 152 g/mol. The quantitative estimate of drug-likeness (QED) is 0.449. The zero-order valence-corrected chi connectivity index (χ0v) is 6.70. The molecule has 0 aromatic rings. The van der Waals surface area contributed by atoms with Crippen LogP contribution in [0.4, 0.5) is 0 Å². The summed E-state index contributed by atoms with van der Waals surface area (Å²) < 4.78 is 0. The van der Waals surface area contributed by atoms with Crippen molar-refractivity contribution >= 4 is 0 Å². The molecule has 2 fully saturated rings. The summed E-state index contributed by atoms with van der Waals surface area (Å²) in [6, 6.07) is 1.42. The first kappa shape index (κ1) is 7.32. The lowest BCUT2D eigenvalue weighted by molar-refractivity contribution is -0.0694. The average Bonchev–Trinajstić information content (AvgIpc) is 2.75. The van der Waals surface area contributed by atoms with E-state index in [-0.39, 0.29) is 0 Å². The maximum atomic E-state index is 5.44. The normalized spacial score (nSPS) is 41.3. The van der Waals surface area contributed by atoms with Gasteiger partial charge in [0.05, 0.1) is 18.7 Å². The van der Waals surface area contributed by atoms with Crippen LogP contribution in [0.5, 0.6) is 0 Å². The van der Waals surface area contributed by atoms with Crippen molar-refractivity contribution in [2.45, 2.75) is 31.3 Å². The second-order valence-corrected chi connectivity index (χ2v) is 3.18. The summed E-state index contributed by atoms with van der Waals surface area (Å²) >= 11 is 0. The van der Waals surface area contributed by atoms with Crippen molar-refractivity contribution in [2.75, 3.05) is 6.61 Å². The van der Waals surface area contributed by atoms with Gasteiger partial charge in [0.25, 0.3) is 0 Å². The molecule has 2 nitrogen and oxygen atoms in total. The summed E-state index contributed by atoms with van der Waals surface area (Å²) in [5, 5.41) is 2.12. The van der Waals surface area contributed by atoms with E-state index in [1.54, 1.807) is 6.08 Å². The van der Waals surface area contributed by atoms with Gasteiger partial charge >= 0.3 is 0 Å². The molecule has 1 heterocycles. The van der Waals surface area contributed by atoms with Crippen LogP contribution < -0.4 is 0 Å². The molecule has 3 unspecified atom stereocenters. The molecule has 2 heteroatoms. The van der Waals surface area contributed by atoms with E-state index in [0.717, 1.165) is 6.04 Å². The molecule has 1 aliphatic carbocycles. The Balaban J connectivity index is 1.76. The second kappa shape index (κ2) is 2.95. The highest BCUT2D eigenvalue weighted by Crippen LogP contribution is 2.39. The van der Waals surface area contributed by atoms with Gasteiger partial charge in [-0.3, -0.25) is 4.84 Å². The number of nitrogens with zero attached hydrogens (tertiary/aromatic N) is 1. The number of rotatable bonds is 3. The molecule has 0 spiro atoms. The molecule has 0 N–H and O–H groups in total. The molecule has 3 atom stereocenters.